The minimum absolute atomic E-state index is 0.114. The highest BCUT2D eigenvalue weighted by molar-refractivity contribution is 7.09. The Morgan fingerprint density at radius 2 is 1.26 bits per heavy atom. The lowest BCUT2D eigenvalue weighted by atomic mass is 10.1. The highest BCUT2D eigenvalue weighted by Crippen LogP contribution is 2.30. The molecule has 0 unspecified atom stereocenters. The van der Waals surface area contributed by atoms with E-state index in [1.807, 2.05) is 60.0 Å². The van der Waals surface area contributed by atoms with E-state index in [4.69, 9.17) is 33.4 Å². The largest absolute Gasteiger partial charge is 0.497 e. The summed E-state index contributed by atoms with van der Waals surface area (Å²) in [7, 11) is 11.6. The summed E-state index contributed by atoms with van der Waals surface area (Å²) >= 11 is 1.49. The molecule has 0 N–H and O–H groups in total. The van der Waals surface area contributed by atoms with Crippen LogP contribution in [0.1, 0.15) is 32.2 Å². The van der Waals surface area contributed by atoms with Crippen LogP contribution in [0.4, 0.5) is 0 Å². The molecule has 246 valence electrons. The van der Waals surface area contributed by atoms with Crippen LogP contribution in [0.25, 0.3) is 0 Å². The normalized spacial score (nSPS) is 10.9. The number of aromatic nitrogens is 1. The second-order valence-electron chi connectivity index (χ2n) is 10.6. The fourth-order valence-corrected chi connectivity index (χ4v) is 5.87. The van der Waals surface area contributed by atoms with Gasteiger partial charge in [-0.2, -0.15) is 0 Å². The summed E-state index contributed by atoms with van der Waals surface area (Å²) in [5.74, 6) is 4.10. The van der Waals surface area contributed by atoms with Crippen LogP contribution in [-0.2, 0) is 25.9 Å². The van der Waals surface area contributed by atoms with Gasteiger partial charge in [0.25, 0.3) is 5.91 Å². The monoisotopic (exact) mass is 649 g/mol. The number of amides is 1. The van der Waals surface area contributed by atoms with E-state index in [0.29, 0.717) is 54.7 Å². The van der Waals surface area contributed by atoms with E-state index in [1.165, 1.54) is 11.3 Å². The van der Waals surface area contributed by atoms with Crippen molar-refractivity contribution < 1.29 is 33.2 Å². The Morgan fingerprint density at radius 3 is 1.83 bits per heavy atom. The molecule has 11 heteroatoms. The van der Waals surface area contributed by atoms with Gasteiger partial charge in [0, 0.05) is 43.7 Å². The lowest BCUT2D eigenvalue weighted by Crippen LogP contribution is -2.29. The SMILES string of the molecule is COc1ccc(CN(CCc2ccc(OC)c(OC)c2)Cc2nc(C(=O)N(C)CCc3ccc(OC)c(OC)c3)cs2)c(OC)c1. The van der Waals surface area contributed by atoms with Crippen molar-refractivity contribution in [3.05, 3.63) is 87.4 Å². The fourth-order valence-electron chi connectivity index (χ4n) is 5.06. The first-order valence-electron chi connectivity index (χ1n) is 14.9. The zero-order chi connectivity index (χ0) is 33.1. The molecular weight excluding hydrogens is 606 g/mol. The molecule has 0 radical (unpaired) electrons. The van der Waals surface area contributed by atoms with Crippen molar-refractivity contribution in [1.82, 2.24) is 14.8 Å². The van der Waals surface area contributed by atoms with Gasteiger partial charge in [-0.05, 0) is 54.3 Å². The van der Waals surface area contributed by atoms with Gasteiger partial charge in [0.1, 0.15) is 22.2 Å². The van der Waals surface area contributed by atoms with E-state index in [2.05, 4.69) is 4.90 Å². The number of benzene rings is 3. The summed E-state index contributed by atoms with van der Waals surface area (Å²) in [5, 5.41) is 2.70. The lowest BCUT2D eigenvalue weighted by molar-refractivity contribution is 0.0791. The first-order valence-corrected chi connectivity index (χ1v) is 15.7. The zero-order valence-electron chi connectivity index (χ0n) is 27.6. The number of hydrogen-bond acceptors (Lipinski definition) is 10. The van der Waals surface area contributed by atoms with Crippen LogP contribution < -0.4 is 28.4 Å². The highest BCUT2D eigenvalue weighted by Gasteiger charge is 2.19. The Bertz CT molecular complexity index is 1590. The standard InChI is InChI=1S/C35H43N3O7S/c1-37(16-14-24-8-12-29(41-3)32(18-24)44-6)35(39)28-23-46-34(36-28)22-38(21-26-10-11-27(40-2)20-31(26)43-5)17-15-25-9-13-30(42-4)33(19-25)45-7/h8-13,18-20,23H,14-17,21-22H2,1-7H3. The lowest BCUT2D eigenvalue weighted by Gasteiger charge is -2.23. The first-order chi connectivity index (χ1) is 22.3. The third kappa shape index (κ3) is 8.82. The number of carbonyl (C=O) groups excluding carboxylic acids is 1. The molecule has 0 atom stereocenters. The van der Waals surface area contributed by atoms with Crippen LogP contribution in [0.15, 0.2) is 60.0 Å². The number of likely N-dealkylation sites (N-methyl/N-ethyl adjacent to an activating group) is 1. The van der Waals surface area contributed by atoms with Gasteiger partial charge in [-0.15, -0.1) is 11.3 Å². The molecule has 0 saturated heterocycles. The summed E-state index contributed by atoms with van der Waals surface area (Å²) < 4.78 is 32.7. The Kier molecular flexibility index (Phi) is 12.5. The van der Waals surface area contributed by atoms with E-state index in [-0.39, 0.29) is 5.91 Å². The third-order valence-corrected chi connectivity index (χ3v) is 8.55. The maximum atomic E-state index is 13.3. The van der Waals surface area contributed by atoms with Gasteiger partial charge < -0.3 is 33.3 Å². The van der Waals surface area contributed by atoms with Crippen molar-refractivity contribution in [3.8, 4) is 34.5 Å². The fraction of sp³-hybridized carbons (Fsp3) is 0.371. The van der Waals surface area contributed by atoms with Gasteiger partial charge in [-0.1, -0.05) is 18.2 Å². The van der Waals surface area contributed by atoms with Gasteiger partial charge in [-0.25, -0.2) is 4.98 Å². The van der Waals surface area contributed by atoms with Crippen LogP contribution in [0.3, 0.4) is 0 Å². The molecule has 4 rings (SSSR count). The van der Waals surface area contributed by atoms with Crippen molar-refractivity contribution in [2.75, 3.05) is 62.8 Å². The van der Waals surface area contributed by atoms with Gasteiger partial charge >= 0.3 is 0 Å². The quantitative estimate of drug-likeness (QED) is 0.142. The number of nitrogens with zero attached hydrogens (tertiary/aromatic N) is 3. The summed E-state index contributed by atoms with van der Waals surface area (Å²) in [5.41, 5.74) is 3.64. The third-order valence-electron chi connectivity index (χ3n) is 7.71. The smallest absolute Gasteiger partial charge is 0.273 e. The average molecular weight is 650 g/mol. The van der Waals surface area contributed by atoms with Crippen LogP contribution in [-0.4, -0.2) is 83.5 Å². The van der Waals surface area contributed by atoms with E-state index in [1.54, 1.807) is 54.6 Å². The van der Waals surface area contributed by atoms with Crippen LogP contribution in [0.5, 0.6) is 34.5 Å². The molecule has 0 spiro atoms. The Hall–Kier alpha value is -4.48. The van der Waals surface area contributed by atoms with Crippen molar-refractivity contribution in [3.63, 3.8) is 0 Å². The Morgan fingerprint density at radius 1 is 0.674 bits per heavy atom. The molecular formula is C35H43N3O7S. The number of thiazole rings is 1. The molecule has 0 saturated carbocycles. The minimum atomic E-state index is -0.114. The zero-order valence-corrected chi connectivity index (χ0v) is 28.4. The number of methoxy groups -OCH3 is 6. The molecule has 10 nitrogen and oxygen atoms in total. The predicted octanol–water partition coefficient (Wildman–Crippen LogP) is 5.75. The van der Waals surface area contributed by atoms with Crippen molar-refractivity contribution in [2.45, 2.75) is 25.9 Å². The molecule has 0 fully saturated rings. The van der Waals surface area contributed by atoms with Gasteiger partial charge in [-0.3, -0.25) is 9.69 Å². The Balaban J connectivity index is 1.46. The van der Waals surface area contributed by atoms with Crippen LogP contribution in [0, 0.1) is 0 Å². The van der Waals surface area contributed by atoms with Gasteiger partial charge in [0.05, 0.1) is 49.2 Å². The molecule has 46 heavy (non-hydrogen) atoms. The second kappa shape index (κ2) is 16.7. The summed E-state index contributed by atoms with van der Waals surface area (Å²) in [6.07, 6.45) is 1.45. The van der Waals surface area contributed by atoms with E-state index < -0.39 is 0 Å². The molecule has 1 heterocycles. The molecule has 3 aromatic carbocycles. The van der Waals surface area contributed by atoms with Crippen LogP contribution in [0.2, 0.25) is 0 Å². The van der Waals surface area contributed by atoms with Crippen LogP contribution >= 0.6 is 11.3 Å². The molecule has 1 amide bonds. The minimum Gasteiger partial charge on any atom is -0.497 e. The number of hydrogen-bond donors (Lipinski definition) is 0. The summed E-state index contributed by atoms with van der Waals surface area (Å²) in [6, 6.07) is 17.6. The van der Waals surface area contributed by atoms with Gasteiger partial charge in [0.15, 0.2) is 23.0 Å². The molecule has 4 aromatic rings. The maximum Gasteiger partial charge on any atom is 0.273 e. The topological polar surface area (TPSA) is 91.8 Å². The van der Waals surface area contributed by atoms with E-state index in [9.17, 15) is 4.79 Å². The maximum absolute atomic E-state index is 13.3. The average Bonchev–Trinajstić information content (AvgIpc) is 3.57. The van der Waals surface area contributed by atoms with E-state index >= 15 is 0 Å². The number of rotatable bonds is 17. The van der Waals surface area contributed by atoms with Crippen molar-refractivity contribution in [1.29, 1.82) is 0 Å². The molecule has 1 aromatic heterocycles. The number of ether oxygens (including phenoxy) is 6. The molecule has 0 aliphatic rings. The number of carbonyl (C=O) groups is 1. The molecule has 0 aliphatic carbocycles. The van der Waals surface area contributed by atoms with Crippen molar-refractivity contribution >= 4 is 17.2 Å². The summed E-state index contributed by atoms with van der Waals surface area (Å²) in [4.78, 5) is 22.1. The highest BCUT2D eigenvalue weighted by atomic mass is 32.1. The summed E-state index contributed by atoms with van der Waals surface area (Å²) in [6.45, 7) is 2.46. The Labute approximate surface area is 275 Å². The molecule has 0 bridgehead atoms. The molecule has 0 aliphatic heterocycles. The van der Waals surface area contributed by atoms with Gasteiger partial charge in [0.2, 0.25) is 0 Å². The predicted molar refractivity (Wildman–Crippen MR) is 179 cm³/mol. The van der Waals surface area contributed by atoms with E-state index in [0.717, 1.165) is 46.2 Å². The first kappa shape index (κ1) is 34.4. The second-order valence-corrected chi connectivity index (χ2v) is 11.6. The van der Waals surface area contributed by atoms with Crippen molar-refractivity contribution in [2.24, 2.45) is 0 Å².